The van der Waals surface area contributed by atoms with Gasteiger partial charge in [0.15, 0.2) is 0 Å². The minimum Gasteiger partial charge on any atom is -0.341 e. The molecule has 0 aromatic heterocycles. The number of halogens is 3. The first-order chi connectivity index (χ1) is 8.85. The summed E-state index contributed by atoms with van der Waals surface area (Å²) in [5, 5.41) is 11.4. The molecule has 0 spiro atoms. The number of hydrogen-bond donors (Lipinski definition) is 1. The quantitative estimate of drug-likeness (QED) is 0.787. The second-order valence-corrected chi connectivity index (χ2v) is 5.64. The first-order valence-electron chi connectivity index (χ1n) is 6.66. The molecule has 0 aromatic rings. The molecule has 0 heterocycles. The van der Waals surface area contributed by atoms with Gasteiger partial charge < -0.3 is 5.32 Å². The van der Waals surface area contributed by atoms with E-state index in [0.717, 1.165) is 25.7 Å². The van der Waals surface area contributed by atoms with Gasteiger partial charge in [0, 0.05) is 0 Å². The predicted octanol–water partition coefficient (Wildman–Crippen LogP) is 3.06. The average molecular weight is 274 g/mol. The maximum absolute atomic E-state index is 12.8. The van der Waals surface area contributed by atoms with Gasteiger partial charge in [-0.3, -0.25) is 4.79 Å². The van der Waals surface area contributed by atoms with Crippen molar-refractivity contribution in [3.8, 4) is 6.07 Å². The second kappa shape index (κ2) is 4.69. The normalized spacial score (nSPS) is 24.9. The van der Waals surface area contributed by atoms with Crippen molar-refractivity contribution in [2.45, 2.75) is 63.1 Å². The molecule has 0 aliphatic heterocycles. The standard InChI is InChI=1S/C13H17F3N2O/c14-13(15,16)12(7-8-12)18-10(19)11(9-17)5-3-1-2-4-6-11/h1-8H2,(H,18,19). The van der Waals surface area contributed by atoms with E-state index in [2.05, 4.69) is 5.32 Å². The van der Waals surface area contributed by atoms with Gasteiger partial charge in [0.05, 0.1) is 6.07 Å². The number of hydrogen-bond acceptors (Lipinski definition) is 2. The Balaban J connectivity index is 2.12. The number of nitriles is 1. The summed E-state index contributed by atoms with van der Waals surface area (Å²) in [7, 11) is 0. The highest BCUT2D eigenvalue weighted by molar-refractivity contribution is 5.86. The molecule has 0 atom stereocenters. The van der Waals surface area contributed by atoms with E-state index < -0.39 is 23.0 Å². The Labute approximate surface area is 110 Å². The SMILES string of the molecule is N#CC1(C(=O)NC2(C(F)(F)F)CC2)CCCCCC1. The van der Waals surface area contributed by atoms with Crippen LogP contribution in [0.5, 0.6) is 0 Å². The largest absolute Gasteiger partial charge is 0.411 e. The molecule has 2 aliphatic rings. The van der Waals surface area contributed by atoms with Crippen molar-refractivity contribution in [1.29, 1.82) is 5.26 Å². The molecule has 2 fully saturated rings. The van der Waals surface area contributed by atoms with Crippen LogP contribution in [0.25, 0.3) is 0 Å². The lowest BCUT2D eigenvalue weighted by Gasteiger charge is -2.28. The minimum atomic E-state index is -4.43. The van der Waals surface area contributed by atoms with Gasteiger partial charge in [0.25, 0.3) is 0 Å². The van der Waals surface area contributed by atoms with E-state index in [0.29, 0.717) is 12.8 Å². The lowest BCUT2D eigenvalue weighted by Crippen LogP contribution is -2.52. The van der Waals surface area contributed by atoms with Crippen molar-refractivity contribution >= 4 is 5.91 Å². The Kier molecular flexibility index (Phi) is 3.50. The van der Waals surface area contributed by atoms with E-state index in [4.69, 9.17) is 0 Å². The molecular formula is C13H17F3N2O. The van der Waals surface area contributed by atoms with Crippen LogP contribution in [0.1, 0.15) is 51.4 Å². The zero-order valence-electron chi connectivity index (χ0n) is 10.6. The molecule has 1 N–H and O–H groups in total. The summed E-state index contributed by atoms with van der Waals surface area (Å²) in [6.45, 7) is 0. The van der Waals surface area contributed by atoms with E-state index in [9.17, 15) is 23.2 Å². The molecule has 2 rings (SSSR count). The van der Waals surface area contributed by atoms with Gasteiger partial charge in [-0.25, -0.2) is 0 Å². The maximum atomic E-state index is 12.8. The molecule has 0 unspecified atom stereocenters. The van der Waals surface area contributed by atoms with Gasteiger partial charge in [0.2, 0.25) is 5.91 Å². The van der Waals surface area contributed by atoms with E-state index in [-0.39, 0.29) is 12.8 Å². The maximum Gasteiger partial charge on any atom is 0.411 e. The number of amides is 1. The van der Waals surface area contributed by atoms with Crippen LogP contribution in [0.2, 0.25) is 0 Å². The number of carbonyl (C=O) groups excluding carboxylic acids is 1. The zero-order valence-corrected chi connectivity index (χ0v) is 10.6. The van der Waals surface area contributed by atoms with Crippen molar-refractivity contribution in [3.63, 3.8) is 0 Å². The van der Waals surface area contributed by atoms with Crippen molar-refractivity contribution in [1.82, 2.24) is 5.32 Å². The molecule has 6 heteroatoms. The van der Waals surface area contributed by atoms with Crippen molar-refractivity contribution in [2.75, 3.05) is 0 Å². The Morgan fingerprint density at radius 2 is 1.58 bits per heavy atom. The number of alkyl halides is 3. The summed E-state index contributed by atoms with van der Waals surface area (Å²) < 4.78 is 38.5. The average Bonchev–Trinajstić information content (AvgIpc) is 3.11. The fourth-order valence-corrected chi connectivity index (χ4v) is 2.66. The third-order valence-corrected chi connectivity index (χ3v) is 4.25. The molecular weight excluding hydrogens is 257 g/mol. The second-order valence-electron chi connectivity index (χ2n) is 5.64. The summed E-state index contributed by atoms with van der Waals surface area (Å²) >= 11 is 0. The van der Waals surface area contributed by atoms with E-state index in [1.807, 2.05) is 6.07 Å². The molecule has 1 amide bonds. The molecule has 2 aliphatic carbocycles. The molecule has 2 saturated carbocycles. The molecule has 3 nitrogen and oxygen atoms in total. The van der Waals surface area contributed by atoms with Gasteiger partial charge in [-0.15, -0.1) is 0 Å². The highest BCUT2D eigenvalue weighted by atomic mass is 19.4. The van der Waals surface area contributed by atoms with Gasteiger partial charge in [-0.1, -0.05) is 25.7 Å². The third-order valence-electron chi connectivity index (χ3n) is 4.25. The summed E-state index contributed by atoms with van der Waals surface area (Å²) in [5.74, 6) is -0.730. The van der Waals surface area contributed by atoms with E-state index in [1.165, 1.54) is 0 Å². The van der Waals surface area contributed by atoms with Crippen LogP contribution in [0, 0.1) is 16.7 Å². The topological polar surface area (TPSA) is 52.9 Å². The van der Waals surface area contributed by atoms with Crippen LogP contribution >= 0.6 is 0 Å². The lowest BCUT2D eigenvalue weighted by atomic mass is 9.80. The Bertz CT molecular complexity index is 399. The van der Waals surface area contributed by atoms with Crippen LogP contribution in [-0.2, 0) is 4.79 Å². The van der Waals surface area contributed by atoms with Crippen LogP contribution < -0.4 is 5.32 Å². The lowest BCUT2D eigenvalue weighted by molar-refractivity contribution is -0.172. The van der Waals surface area contributed by atoms with Gasteiger partial charge in [-0.05, 0) is 25.7 Å². The van der Waals surface area contributed by atoms with Crippen LogP contribution in [0.4, 0.5) is 13.2 Å². The van der Waals surface area contributed by atoms with Crippen LogP contribution in [-0.4, -0.2) is 17.6 Å². The van der Waals surface area contributed by atoms with Gasteiger partial charge >= 0.3 is 6.18 Å². The number of nitrogens with one attached hydrogen (secondary N) is 1. The monoisotopic (exact) mass is 274 g/mol. The van der Waals surface area contributed by atoms with Crippen LogP contribution in [0.3, 0.4) is 0 Å². The fraction of sp³-hybridized carbons (Fsp3) is 0.846. The molecule has 0 bridgehead atoms. The Morgan fingerprint density at radius 1 is 1.05 bits per heavy atom. The number of rotatable bonds is 2. The zero-order chi connectivity index (χ0) is 14.1. The fourth-order valence-electron chi connectivity index (χ4n) is 2.66. The minimum absolute atomic E-state index is 0.0796. The number of nitrogens with zero attached hydrogens (tertiary/aromatic N) is 1. The summed E-state index contributed by atoms with van der Waals surface area (Å²) in [6.07, 6.45) is -0.549. The first-order valence-corrected chi connectivity index (χ1v) is 6.66. The molecule has 0 radical (unpaired) electrons. The Hall–Kier alpha value is -1.25. The van der Waals surface area contributed by atoms with Crippen LogP contribution in [0.15, 0.2) is 0 Å². The predicted molar refractivity (Wildman–Crippen MR) is 61.9 cm³/mol. The van der Waals surface area contributed by atoms with Crippen molar-refractivity contribution < 1.29 is 18.0 Å². The summed E-state index contributed by atoms with van der Waals surface area (Å²) in [6, 6.07) is 1.98. The van der Waals surface area contributed by atoms with E-state index >= 15 is 0 Å². The first kappa shape index (κ1) is 14.2. The van der Waals surface area contributed by atoms with Crippen molar-refractivity contribution in [2.24, 2.45) is 5.41 Å². The van der Waals surface area contributed by atoms with Crippen molar-refractivity contribution in [3.05, 3.63) is 0 Å². The molecule has 106 valence electrons. The molecule has 0 aromatic carbocycles. The van der Waals surface area contributed by atoms with Gasteiger partial charge in [-0.2, -0.15) is 18.4 Å². The smallest absolute Gasteiger partial charge is 0.341 e. The Morgan fingerprint density at radius 3 is 1.95 bits per heavy atom. The van der Waals surface area contributed by atoms with Gasteiger partial charge in [0.1, 0.15) is 11.0 Å². The number of carbonyl (C=O) groups is 1. The van der Waals surface area contributed by atoms with E-state index in [1.54, 1.807) is 0 Å². The summed E-state index contributed by atoms with van der Waals surface area (Å²) in [5.41, 5.74) is -3.34. The summed E-state index contributed by atoms with van der Waals surface area (Å²) in [4.78, 5) is 12.2. The highest BCUT2D eigenvalue weighted by Gasteiger charge is 2.65. The molecule has 0 saturated heterocycles. The molecule has 19 heavy (non-hydrogen) atoms. The third kappa shape index (κ3) is 2.56. The highest BCUT2D eigenvalue weighted by Crippen LogP contribution is 2.50.